The van der Waals surface area contributed by atoms with Crippen molar-refractivity contribution < 1.29 is 0 Å². The molecule has 0 amide bonds. The lowest BCUT2D eigenvalue weighted by Crippen LogP contribution is -2.20. The summed E-state index contributed by atoms with van der Waals surface area (Å²) in [6.07, 6.45) is 10.7. The minimum atomic E-state index is 0.597. The monoisotopic (exact) mass is 248 g/mol. The number of hydrogen-bond acceptors (Lipinski definition) is 4. The van der Waals surface area contributed by atoms with Crippen LogP contribution in [0.2, 0.25) is 0 Å². The van der Waals surface area contributed by atoms with E-state index in [-0.39, 0.29) is 0 Å². The zero-order valence-corrected chi connectivity index (χ0v) is 11.3. The molecule has 0 aliphatic heterocycles. The van der Waals surface area contributed by atoms with Crippen molar-refractivity contribution in [3.63, 3.8) is 0 Å². The topological polar surface area (TPSA) is 49.8 Å². The summed E-state index contributed by atoms with van der Waals surface area (Å²) in [6, 6.07) is 2.58. The Hall–Kier alpha value is -1.16. The molecule has 4 nitrogen and oxygen atoms in total. The van der Waals surface area contributed by atoms with E-state index in [0.29, 0.717) is 6.04 Å². The zero-order chi connectivity index (χ0) is 12.6. The summed E-state index contributed by atoms with van der Waals surface area (Å²) in [5.74, 6) is 1.91. The van der Waals surface area contributed by atoms with Crippen molar-refractivity contribution in [1.29, 1.82) is 0 Å². The second-order valence-electron chi connectivity index (χ2n) is 5.04. The number of aromatic nitrogens is 2. The average Bonchev–Trinajstić information content (AvgIpc) is 2.65. The molecule has 0 bridgehead atoms. The number of nitrogens with one attached hydrogen (secondary N) is 2. The molecule has 1 aliphatic carbocycles. The first-order valence-electron chi connectivity index (χ1n) is 7.11. The van der Waals surface area contributed by atoms with Crippen LogP contribution in [0.25, 0.3) is 0 Å². The molecule has 1 aromatic rings. The van der Waals surface area contributed by atoms with Crippen LogP contribution in [0, 0.1) is 0 Å². The molecule has 1 saturated carbocycles. The van der Waals surface area contributed by atoms with Crippen molar-refractivity contribution in [2.24, 2.45) is 0 Å². The van der Waals surface area contributed by atoms with Gasteiger partial charge in [0.15, 0.2) is 0 Å². The van der Waals surface area contributed by atoms with Crippen LogP contribution in [0.3, 0.4) is 0 Å². The highest BCUT2D eigenvalue weighted by Gasteiger charge is 2.12. The molecule has 1 aliphatic rings. The molecule has 1 aromatic heterocycles. The summed E-state index contributed by atoms with van der Waals surface area (Å²) in [5, 5.41) is 6.69. The quantitative estimate of drug-likeness (QED) is 0.786. The van der Waals surface area contributed by atoms with Gasteiger partial charge in [0.2, 0.25) is 0 Å². The highest BCUT2D eigenvalue weighted by Crippen LogP contribution is 2.20. The predicted octanol–water partition coefficient (Wildman–Crippen LogP) is 2.37. The summed E-state index contributed by atoms with van der Waals surface area (Å²) in [5.41, 5.74) is 0. The van der Waals surface area contributed by atoms with Gasteiger partial charge in [0.25, 0.3) is 0 Å². The first-order chi connectivity index (χ1) is 8.88. The van der Waals surface area contributed by atoms with E-state index in [9.17, 15) is 0 Å². The largest absolute Gasteiger partial charge is 0.367 e. The first-order valence-corrected chi connectivity index (χ1v) is 7.11. The van der Waals surface area contributed by atoms with Crippen LogP contribution in [-0.4, -0.2) is 29.6 Å². The van der Waals surface area contributed by atoms with Gasteiger partial charge in [-0.2, -0.15) is 0 Å². The maximum atomic E-state index is 4.57. The van der Waals surface area contributed by atoms with Gasteiger partial charge in [-0.05, 0) is 26.0 Å². The van der Waals surface area contributed by atoms with Crippen molar-refractivity contribution in [3.8, 4) is 0 Å². The Morgan fingerprint density at radius 1 is 1.22 bits per heavy atom. The maximum Gasteiger partial charge on any atom is 0.131 e. The van der Waals surface area contributed by atoms with E-state index >= 15 is 0 Å². The van der Waals surface area contributed by atoms with E-state index in [1.165, 1.54) is 38.5 Å². The molecule has 2 rings (SSSR count). The predicted molar refractivity (Wildman–Crippen MR) is 74.8 cm³/mol. The SMILES string of the molecule is CNCCc1nccc(NC2CCCCCC2)n1. The summed E-state index contributed by atoms with van der Waals surface area (Å²) in [4.78, 5) is 8.87. The molecule has 4 heteroatoms. The third kappa shape index (κ3) is 4.26. The van der Waals surface area contributed by atoms with Crippen molar-refractivity contribution in [1.82, 2.24) is 15.3 Å². The molecule has 1 heterocycles. The Morgan fingerprint density at radius 3 is 2.72 bits per heavy atom. The second kappa shape index (κ2) is 7.31. The van der Waals surface area contributed by atoms with Gasteiger partial charge in [-0.15, -0.1) is 0 Å². The fourth-order valence-electron chi connectivity index (χ4n) is 2.47. The minimum absolute atomic E-state index is 0.597. The molecular formula is C14H24N4. The Kier molecular flexibility index (Phi) is 5.39. The molecule has 0 saturated heterocycles. The molecule has 0 unspecified atom stereocenters. The Bertz CT molecular complexity index is 345. The molecule has 0 radical (unpaired) electrons. The minimum Gasteiger partial charge on any atom is -0.367 e. The number of hydrogen-bond donors (Lipinski definition) is 2. The van der Waals surface area contributed by atoms with Gasteiger partial charge in [0.1, 0.15) is 11.6 Å². The zero-order valence-electron chi connectivity index (χ0n) is 11.3. The summed E-state index contributed by atoms with van der Waals surface area (Å²) >= 11 is 0. The Labute approximate surface area is 110 Å². The lowest BCUT2D eigenvalue weighted by Gasteiger charge is -2.17. The van der Waals surface area contributed by atoms with E-state index in [1.807, 2.05) is 19.3 Å². The highest BCUT2D eigenvalue weighted by atomic mass is 15.0. The average molecular weight is 248 g/mol. The lowest BCUT2D eigenvalue weighted by molar-refractivity contribution is 0.616. The standard InChI is InChI=1S/C14H24N4/c1-15-10-8-13-16-11-9-14(18-13)17-12-6-4-2-3-5-7-12/h9,11-12,15H,2-8,10H2,1H3,(H,16,17,18). The van der Waals surface area contributed by atoms with Crippen molar-refractivity contribution >= 4 is 5.82 Å². The van der Waals surface area contributed by atoms with Gasteiger partial charge >= 0.3 is 0 Å². The van der Waals surface area contributed by atoms with Crippen LogP contribution in [0.5, 0.6) is 0 Å². The normalized spacial score (nSPS) is 17.4. The fraction of sp³-hybridized carbons (Fsp3) is 0.714. The van der Waals surface area contributed by atoms with E-state index in [2.05, 4.69) is 20.6 Å². The van der Waals surface area contributed by atoms with Crippen LogP contribution < -0.4 is 10.6 Å². The van der Waals surface area contributed by atoms with E-state index in [0.717, 1.165) is 24.6 Å². The summed E-state index contributed by atoms with van der Waals surface area (Å²) < 4.78 is 0. The van der Waals surface area contributed by atoms with Crippen LogP contribution in [-0.2, 0) is 6.42 Å². The molecule has 18 heavy (non-hydrogen) atoms. The van der Waals surface area contributed by atoms with Gasteiger partial charge in [0, 0.05) is 25.2 Å². The van der Waals surface area contributed by atoms with E-state index in [1.54, 1.807) is 0 Å². The third-order valence-electron chi connectivity index (χ3n) is 3.51. The number of rotatable bonds is 5. The lowest BCUT2D eigenvalue weighted by atomic mass is 10.1. The van der Waals surface area contributed by atoms with E-state index < -0.39 is 0 Å². The third-order valence-corrected chi connectivity index (χ3v) is 3.51. The van der Waals surface area contributed by atoms with Crippen LogP contribution in [0.1, 0.15) is 44.3 Å². The molecule has 2 N–H and O–H groups in total. The van der Waals surface area contributed by atoms with Gasteiger partial charge in [-0.25, -0.2) is 9.97 Å². The van der Waals surface area contributed by atoms with Gasteiger partial charge in [-0.3, -0.25) is 0 Å². The van der Waals surface area contributed by atoms with Crippen LogP contribution in [0.15, 0.2) is 12.3 Å². The van der Waals surface area contributed by atoms with Crippen molar-refractivity contribution in [2.45, 2.75) is 51.0 Å². The maximum absolute atomic E-state index is 4.57. The molecule has 0 aromatic carbocycles. The van der Waals surface area contributed by atoms with Gasteiger partial charge < -0.3 is 10.6 Å². The number of likely N-dealkylation sites (N-methyl/N-ethyl adjacent to an activating group) is 1. The molecule has 100 valence electrons. The molecular weight excluding hydrogens is 224 g/mol. The summed E-state index contributed by atoms with van der Waals surface area (Å²) in [7, 11) is 1.95. The molecule has 1 fully saturated rings. The first kappa shape index (κ1) is 13.3. The van der Waals surface area contributed by atoms with Crippen LogP contribution in [0.4, 0.5) is 5.82 Å². The Morgan fingerprint density at radius 2 is 2.00 bits per heavy atom. The smallest absolute Gasteiger partial charge is 0.131 e. The molecule has 0 atom stereocenters. The highest BCUT2D eigenvalue weighted by molar-refractivity contribution is 5.34. The van der Waals surface area contributed by atoms with Crippen LogP contribution >= 0.6 is 0 Å². The van der Waals surface area contributed by atoms with Gasteiger partial charge in [0.05, 0.1) is 0 Å². The van der Waals surface area contributed by atoms with Crippen molar-refractivity contribution in [3.05, 3.63) is 18.1 Å². The van der Waals surface area contributed by atoms with Gasteiger partial charge in [-0.1, -0.05) is 25.7 Å². The summed E-state index contributed by atoms with van der Waals surface area (Å²) in [6.45, 7) is 0.923. The number of nitrogens with zero attached hydrogens (tertiary/aromatic N) is 2. The van der Waals surface area contributed by atoms with E-state index in [4.69, 9.17) is 0 Å². The van der Waals surface area contributed by atoms with Crippen molar-refractivity contribution in [2.75, 3.05) is 18.9 Å². The Balaban J connectivity index is 1.91. The second-order valence-corrected chi connectivity index (χ2v) is 5.04. The fourth-order valence-corrected chi connectivity index (χ4v) is 2.47. The molecule has 0 spiro atoms. The number of anilines is 1.